The lowest BCUT2D eigenvalue weighted by molar-refractivity contribution is 0.929. The van der Waals surface area contributed by atoms with Crippen LogP contribution < -0.4 is 5.73 Å². The van der Waals surface area contributed by atoms with Gasteiger partial charge in [0.15, 0.2) is 0 Å². The van der Waals surface area contributed by atoms with Crippen LogP contribution in [0.3, 0.4) is 0 Å². The molecule has 0 aromatic carbocycles. The Kier molecular flexibility index (Phi) is 2.46. The lowest BCUT2D eigenvalue weighted by Crippen LogP contribution is -1.94. The number of nitrogens with zero attached hydrogens (tertiary/aromatic N) is 1. The summed E-state index contributed by atoms with van der Waals surface area (Å²) in [7, 11) is 0. The fourth-order valence-corrected chi connectivity index (χ4v) is 1.91. The molecule has 0 saturated carbocycles. The number of pyridine rings is 1. The Bertz CT molecular complexity index is 497. The van der Waals surface area contributed by atoms with Crippen LogP contribution in [0.15, 0.2) is 19.0 Å². The monoisotopic (exact) mass is 201 g/mol. The molecular formula is C12H15N3. The number of H-pyrrole nitrogens is 1. The van der Waals surface area contributed by atoms with Crippen LogP contribution in [0.25, 0.3) is 17.0 Å². The van der Waals surface area contributed by atoms with Crippen molar-refractivity contribution in [1.29, 1.82) is 0 Å². The van der Waals surface area contributed by atoms with Gasteiger partial charge in [-0.25, -0.2) is 4.98 Å². The minimum atomic E-state index is 0.550. The van der Waals surface area contributed by atoms with Gasteiger partial charge in [0.2, 0.25) is 0 Å². The minimum Gasteiger partial charge on any atom is -0.383 e. The van der Waals surface area contributed by atoms with Crippen LogP contribution in [-0.4, -0.2) is 9.97 Å². The normalized spacial score (nSPS) is 10.7. The SMILES string of the molecule is C=Cc1c(N)ncc2[nH]cc(CCC)c12. The summed E-state index contributed by atoms with van der Waals surface area (Å²) in [5, 5.41) is 1.17. The minimum absolute atomic E-state index is 0.550. The first-order valence-corrected chi connectivity index (χ1v) is 5.14. The number of aryl methyl sites for hydroxylation is 1. The Morgan fingerprint density at radius 1 is 1.60 bits per heavy atom. The van der Waals surface area contributed by atoms with Crippen molar-refractivity contribution in [3.63, 3.8) is 0 Å². The fraction of sp³-hybridized carbons (Fsp3) is 0.250. The summed E-state index contributed by atoms with van der Waals surface area (Å²) in [4.78, 5) is 7.34. The van der Waals surface area contributed by atoms with Crippen LogP contribution in [0, 0.1) is 0 Å². The zero-order valence-corrected chi connectivity index (χ0v) is 8.88. The second-order valence-electron chi connectivity index (χ2n) is 3.61. The highest BCUT2D eigenvalue weighted by molar-refractivity contribution is 5.94. The van der Waals surface area contributed by atoms with E-state index in [4.69, 9.17) is 5.73 Å². The molecule has 2 rings (SSSR count). The van der Waals surface area contributed by atoms with Gasteiger partial charge >= 0.3 is 0 Å². The molecule has 0 aliphatic carbocycles. The highest BCUT2D eigenvalue weighted by atomic mass is 14.8. The molecule has 3 nitrogen and oxygen atoms in total. The van der Waals surface area contributed by atoms with Gasteiger partial charge in [0.25, 0.3) is 0 Å². The van der Waals surface area contributed by atoms with Gasteiger partial charge in [-0.1, -0.05) is 26.0 Å². The van der Waals surface area contributed by atoms with E-state index >= 15 is 0 Å². The molecule has 0 saturated heterocycles. The summed E-state index contributed by atoms with van der Waals surface area (Å²) in [5.41, 5.74) is 9.09. The molecule has 0 radical (unpaired) electrons. The number of rotatable bonds is 3. The van der Waals surface area contributed by atoms with Crippen LogP contribution in [0.1, 0.15) is 24.5 Å². The predicted molar refractivity (Wildman–Crippen MR) is 64.6 cm³/mol. The number of fused-ring (bicyclic) bond motifs is 1. The average Bonchev–Trinajstić information content (AvgIpc) is 2.63. The lowest BCUT2D eigenvalue weighted by atomic mass is 10.0. The maximum atomic E-state index is 5.83. The standard InChI is InChI=1S/C12H15N3/c1-3-5-8-6-14-10-7-15-12(13)9(4-2)11(8)10/h4,6-7,14H,2-3,5H2,1H3,(H2,13,15). The van der Waals surface area contributed by atoms with E-state index in [1.807, 2.05) is 6.20 Å². The number of aromatic amines is 1. The highest BCUT2D eigenvalue weighted by Gasteiger charge is 2.09. The molecule has 3 N–H and O–H groups in total. The van der Waals surface area contributed by atoms with Crippen molar-refractivity contribution >= 4 is 22.8 Å². The first-order chi connectivity index (χ1) is 7.27. The van der Waals surface area contributed by atoms with Crippen LogP contribution in [-0.2, 0) is 6.42 Å². The second-order valence-corrected chi connectivity index (χ2v) is 3.61. The summed E-state index contributed by atoms with van der Waals surface area (Å²) in [6, 6.07) is 0. The van der Waals surface area contributed by atoms with Crippen molar-refractivity contribution in [2.75, 3.05) is 5.73 Å². The molecule has 3 heteroatoms. The maximum absolute atomic E-state index is 5.83. The lowest BCUT2D eigenvalue weighted by Gasteiger charge is -2.03. The van der Waals surface area contributed by atoms with Crippen molar-refractivity contribution in [2.24, 2.45) is 0 Å². The molecule has 0 unspecified atom stereocenters. The van der Waals surface area contributed by atoms with Gasteiger partial charge in [0.05, 0.1) is 11.7 Å². The first-order valence-electron chi connectivity index (χ1n) is 5.14. The smallest absolute Gasteiger partial charge is 0.131 e. The molecule has 2 aromatic heterocycles. The van der Waals surface area contributed by atoms with Gasteiger partial charge in [-0.3, -0.25) is 0 Å². The zero-order chi connectivity index (χ0) is 10.8. The van der Waals surface area contributed by atoms with Gasteiger partial charge in [0.1, 0.15) is 5.82 Å². The van der Waals surface area contributed by atoms with Gasteiger partial charge in [-0.2, -0.15) is 0 Å². The Morgan fingerprint density at radius 3 is 3.07 bits per heavy atom. The summed E-state index contributed by atoms with van der Waals surface area (Å²) in [5.74, 6) is 0.550. The number of nitrogens with two attached hydrogens (primary N) is 1. The largest absolute Gasteiger partial charge is 0.383 e. The summed E-state index contributed by atoms with van der Waals surface area (Å²) < 4.78 is 0. The second kappa shape index (κ2) is 3.77. The number of aromatic nitrogens is 2. The van der Waals surface area contributed by atoms with E-state index in [-0.39, 0.29) is 0 Å². The number of hydrogen-bond donors (Lipinski definition) is 2. The van der Waals surface area contributed by atoms with Gasteiger partial charge in [-0.15, -0.1) is 0 Å². The third-order valence-electron chi connectivity index (χ3n) is 2.59. The number of nitrogens with one attached hydrogen (secondary N) is 1. The molecule has 78 valence electrons. The predicted octanol–water partition coefficient (Wildman–Crippen LogP) is 2.74. The topological polar surface area (TPSA) is 54.7 Å². The summed E-state index contributed by atoms with van der Waals surface area (Å²) >= 11 is 0. The molecule has 0 aliphatic heterocycles. The van der Waals surface area contributed by atoms with Crippen molar-refractivity contribution in [3.8, 4) is 0 Å². The van der Waals surface area contributed by atoms with E-state index in [0.29, 0.717) is 5.82 Å². The number of nitrogen functional groups attached to an aromatic ring is 1. The third kappa shape index (κ3) is 1.50. The molecule has 0 fully saturated rings. The molecule has 0 bridgehead atoms. The first kappa shape index (κ1) is 9.77. The number of hydrogen-bond acceptors (Lipinski definition) is 2. The molecule has 0 aliphatic rings. The van der Waals surface area contributed by atoms with E-state index in [1.165, 1.54) is 10.9 Å². The molecule has 2 aromatic rings. The number of anilines is 1. The molecule has 0 atom stereocenters. The van der Waals surface area contributed by atoms with E-state index < -0.39 is 0 Å². The summed E-state index contributed by atoms with van der Waals surface area (Å²) in [6.07, 6.45) is 7.74. The molecular weight excluding hydrogens is 186 g/mol. The highest BCUT2D eigenvalue weighted by Crippen LogP contribution is 2.27. The van der Waals surface area contributed by atoms with Crippen molar-refractivity contribution in [1.82, 2.24) is 9.97 Å². The van der Waals surface area contributed by atoms with Gasteiger partial charge in [0, 0.05) is 17.1 Å². The fourth-order valence-electron chi connectivity index (χ4n) is 1.91. The van der Waals surface area contributed by atoms with Gasteiger partial charge in [-0.05, 0) is 12.0 Å². The summed E-state index contributed by atoms with van der Waals surface area (Å²) in [6.45, 7) is 5.95. The Morgan fingerprint density at radius 2 is 2.40 bits per heavy atom. The van der Waals surface area contributed by atoms with E-state index in [1.54, 1.807) is 12.3 Å². The van der Waals surface area contributed by atoms with Crippen LogP contribution >= 0.6 is 0 Å². The van der Waals surface area contributed by atoms with Crippen LogP contribution in [0.4, 0.5) is 5.82 Å². The van der Waals surface area contributed by atoms with E-state index in [0.717, 1.165) is 23.9 Å². The van der Waals surface area contributed by atoms with Crippen molar-refractivity contribution in [2.45, 2.75) is 19.8 Å². The van der Waals surface area contributed by atoms with E-state index in [9.17, 15) is 0 Å². The zero-order valence-electron chi connectivity index (χ0n) is 8.88. The van der Waals surface area contributed by atoms with E-state index in [2.05, 4.69) is 23.5 Å². The Balaban J connectivity index is 2.74. The average molecular weight is 201 g/mol. The molecule has 0 amide bonds. The van der Waals surface area contributed by atoms with Crippen molar-refractivity contribution in [3.05, 3.63) is 30.1 Å². The third-order valence-corrected chi connectivity index (χ3v) is 2.59. The molecule has 2 heterocycles. The molecule has 0 spiro atoms. The Hall–Kier alpha value is -1.77. The van der Waals surface area contributed by atoms with Crippen molar-refractivity contribution < 1.29 is 0 Å². The molecule has 15 heavy (non-hydrogen) atoms. The maximum Gasteiger partial charge on any atom is 0.131 e. The van der Waals surface area contributed by atoms with Crippen LogP contribution in [0.2, 0.25) is 0 Å². The quantitative estimate of drug-likeness (QED) is 0.802. The van der Waals surface area contributed by atoms with Gasteiger partial charge < -0.3 is 10.7 Å². The van der Waals surface area contributed by atoms with Crippen LogP contribution in [0.5, 0.6) is 0 Å². The Labute approximate surface area is 89.0 Å².